The first-order chi connectivity index (χ1) is 19.0. The first-order valence-corrected chi connectivity index (χ1v) is 14.1. The van der Waals surface area contributed by atoms with Crippen molar-refractivity contribution in [2.45, 2.75) is 78.1 Å². The fourth-order valence-electron chi connectivity index (χ4n) is 4.96. The van der Waals surface area contributed by atoms with Gasteiger partial charge >= 0.3 is 6.09 Å². The lowest BCUT2D eigenvalue weighted by atomic mass is 9.96. The maximum atomic E-state index is 14.5. The molecule has 0 radical (unpaired) electrons. The summed E-state index contributed by atoms with van der Waals surface area (Å²) in [5.41, 5.74) is 1.30. The summed E-state index contributed by atoms with van der Waals surface area (Å²) in [6.07, 6.45) is 5.33. The van der Waals surface area contributed by atoms with Crippen molar-refractivity contribution in [1.29, 1.82) is 0 Å². The molecule has 1 fully saturated rings. The molecular weight excluding hydrogens is 509 g/mol. The zero-order valence-electron chi connectivity index (χ0n) is 24.5. The summed E-state index contributed by atoms with van der Waals surface area (Å²) in [5.74, 6) is -0.126. The Labute approximate surface area is 238 Å². The zero-order valence-corrected chi connectivity index (χ0v) is 24.5. The number of carbonyl (C=O) groups is 2. The predicted molar refractivity (Wildman–Crippen MR) is 156 cm³/mol. The van der Waals surface area contributed by atoms with Gasteiger partial charge in [-0.15, -0.1) is 0 Å². The van der Waals surface area contributed by atoms with Crippen LogP contribution in [-0.2, 0) is 22.5 Å². The smallest absolute Gasteiger partial charge is 0.410 e. The minimum atomic E-state index is -0.621. The Morgan fingerprint density at radius 2 is 1.85 bits per heavy atom. The van der Waals surface area contributed by atoms with Gasteiger partial charge in [-0.05, 0) is 63.3 Å². The van der Waals surface area contributed by atoms with E-state index in [4.69, 9.17) is 9.47 Å². The third kappa shape index (κ3) is 10.6. The molecule has 1 aliphatic heterocycles. The fraction of sp³-hybridized carbons (Fsp3) is 0.500. The van der Waals surface area contributed by atoms with E-state index in [-0.39, 0.29) is 24.1 Å². The normalized spacial score (nSPS) is 17.1. The molecule has 1 heterocycles. The molecule has 0 unspecified atom stereocenters. The van der Waals surface area contributed by atoms with E-state index < -0.39 is 11.4 Å². The van der Waals surface area contributed by atoms with Gasteiger partial charge in [-0.1, -0.05) is 49.4 Å². The molecule has 218 valence electrons. The zero-order chi connectivity index (χ0) is 29.1. The molecule has 1 N–H and O–H groups in total. The van der Waals surface area contributed by atoms with Crippen molar-refractivity contribution in [3.8, 4) is 5.75 Å². The molecule has 1 saturated heterocycles. The van der Waals surface area contributed by atoms with E-state index >= 15 is 0 Å². The quantitative estimate of drug-likeness (QED) is 0.360. The van der Waals surface area contributed by atoms with Crippen LogP contribution in [0.15, 0.2) is 60.7 Å². The Bertz CT molecular complexity index is 1130. The molecule has 0 aliphatic carbocycles. The molecule has 0 aromatic heterocycles. The van der Waals surface area contributed by atoms with Crippen LogP contribution in [0.3, 0.4) is 0 Å². The summed E-state index contributed by atoms with van der Waals surface area (Å²) in [7, 11) is 0. The molecule has 0 bridgehead atoms. The molecular formula is C32H44FN3O4. The monoisotopic (exact) mass is 553 g/mol. The number of amides is 2. The second-order valence-electron chi connectivity index (χ2n) is 11.4. The van der Waals surface area contributed by atoms with Gasteiger partial charge in [-0.2, -0.15) is 0 Å². The summed E-state index contributed by atoms with van der Waals surface area (Å²) in [4.78, 5) is 29.5. The van der Waals surface area contributed by atoms with Crippen molar-refractivity contribution in [1.82, 2.24) is 15.1 Å². The minimum Gasteiger partial charge on any atom is -0.489 e. The average molecular weight is 554 g/mol. The van der Waals surface area contributed by atoms with Gasteiger partial charge in [0.2, 0.25) is 5.91 Å². The van der Waals surface area contributed by atoms with E-state index in [1.54, 1.807) is 4.90 Å². The van der Waals surface area contributed by atoms with Gasteiger partial charge in [0.15, 0.2) is 0 Å². The number of nitrogens with zero attached hydrogens (tertiary/aromatic N) is 2. The van der Waals surface area contributed by atoms with Crippen molar-refractivity contribution < 1.29 is 23.5 Å². The van der Waals surface area contributed by atoms with Crippen LogP contribution in [0.25, 0.3) is 0 Å². The van der Waals surface area contributed by atoms with E-state index in [0.29, 0.717) is 50.4 Å². The number of rotatable bonds is 11. The van der Waals surface area contributed by atoms with Crippen LogP contribution in [0.4, 0.5) is 9.18 Å². The first kappa shape index (κ1) is 31.1. The number of allylic oxidation sites excluding steroid dienone is 1. The highest BCUT2D eigenvalue weighted by molar-refractivity contribution is 5.73. The van der Waals surface area contributed by atoms with Crippen molar-refractivity contribution in [3.63, 3.8) is 0 Å². The van der Waals surface area contributed by atoms with E-state index in [9.17, 15) is 14.0 Å². The van der Waals surface area contributed by atoms with Gasteiger partial charge in [0.05, 0.1) is 0 Å². The molecule has 1 aliphatic rings. The molecule has 2 aromatic carbocycles. The number of hydrogen-bond donors (Lipinski definition) is 1. The minimum absolute atomic E-state index is 0.177. The van der Waals surface area contributed by atoms with Crippen LogP contribution in [0.5, 0.6) is 5.75 Å². The Morgan fingerprint density at radius 1 is 1.10 bits per heavy atom. The number of halogens is 1. The molecule has 0 saturated carbocycles. The van der Waals surface area contributed by atoms with Crippen molar-refractivity contribution in [3.05, 3.63) is 77.6 Å². The number of carbonyl (C=O) groups excluding carboxylic acids is 2. The summed E-state index contributed by atoms with van der Waals surface area (Å²) in [6, 6.07) is 14.4. The largest absolute Gasteiger partial charge is 0.489 e. The molecule has 2 aromatic rings. The van der Waals surface area contributed by atoms with Crippen molar-refractivity contribution in [2.24, 2.45) is 0 Å². The van der Waals surface area contributed by atoms with Gasteiger partial charge in [-0.3, -0.25) is 9.69 Å². The third-order valence-electron chi connectivity index (χ3n) is 6.57. The second kappa shape index (κ2) is 14.8. The number of piperazine rings is 1. The highest BCUT2D eigenvalue weighted by Crippen LogP contribution is 2.23. The van der Waals surface area contributed by atoms with Gasteiger partial charge in [-0.25, -0.2) is 9.18 Å². The van der Waals surface area contributed by atoms with Gasteiger partial charge in [0, 0.05) is 51.3 Å². The molecule has 3 rings (SSSR count). The summed E-state index contributed by atoms with van der Waals surface area (Å²) >= 11 is 0. The average Bonchev–Trinajstić information content (AvgIpc) is 2.85. The third-order valence-corrected chi connectivity index (χ3v) is 6.57. The van der Waals surface area contributed by atoms with Crippen LogP contribution in [0, 0.1) is 5.82 Å². The number of benzene rings is 2. The van der Waals surface area contributed by atoms with Crippen molar-refractivity contribution in [2.75, 3.05) is 26.2 Å². The van der Waals surface area contributed by atoms with E-state index in [0.717, 1.165) is 13.0 Å². The molecule has 0 spiro atoms. The lowest BCUT2D eigenvalue weighted by Crippen LogP contribution is -2.57. The predicted octanol–water partition coefficient (Wildman–Crippen LogP) is 5.73. The SMILES string of the molecule is CC/C=C/COc1cc(F)cc(C[C@@H](C[C@H]2CN(Cc3ccccc3)CCN2C(=O)OC(C)(C)C)NC(C)=O)c1. The first-order valence-electron chi connectivity index (χ1n) is 14.1. The number of hydrogen-bond acceptors (Lipinski definition) is 5. The van der Waals surface area contributed by atoms with Crippen LogP contribution < -0.4 is 10.1 Å². The van der Waals surface area contributed by atoms with E-state index in [1.807, 2.05) is 64.1 Å². The van der Waals surface area contributed by atoms with Crippen LogP contribution >= 0.6 is 0 Å². The Kier molecular flexibility index (Phi) is 11.6. The standard InChI is InChI=1S/C32H44FN3O4/c1-6-7-11-16-39-30-19-26(17-27(33)20-30)18-28(34-24(2)37)21-29-23-35(22-25-12-9-8-10-13-25)14-15-36(29)31(38)40-32(3,4)5/h7-13,17,19-20,28-29H,6,14-16,18,21-23H2,1-5H3,(H,34,37)/b11-7+/t28-,29-/m0/s1. The lowest BCUT2D eigenvalue weighted by molar-refractivity contribution is -0.119. The molecule has 8 heteroatoms. The molecule has 2 amide bonds. The molecule has 2 atom stereocenters. The Morgan fingerprint density at radius 3 is 2.52 bits per heavy atom. The van der Waals surface area contributed by atoms with Crippen LogP contribution in [-0.4, -0.2) is 65.7 Å². The van der Waals surface area contributed by atoms with E-state index in [1.165, 1.54) is 24.6 Å². The molecule has 40 heavy (non-hydrogen) atoms. The maximum Gasteiger partial charge on any atom is 0.410 e. The van der Waals surface area contributed by atoms with Gasteiger partial charge < -0.3 is 19.7 Å². The number of nitrogens with one attached hydrogen (secondary N) is 1. The highest BCUT2D eigenvalue weighted by atomic mass is 19.1. The van der Waals surface area contributed by atoms with Gasteiger partial charge in [0.1, 0.15) is 23.8 Å². The number of ether oxygens (including phenoxy) is 2. The second-order valence-corrected chi connectivity index (χ2v) is 11.4. The topological polar surface area (TPSA) is 71.1 Å². The summed E-state index contributed by atoms with van der Waals surface area (Å²) < 4.78 is 26.0. The molecule has 7 nitrogen and oxygen atoms in total. The summed E-state index contributed by atoms with van der Waals surface area (Å²) in [5, 5.41) is 3.04. The Hall–Kier alpha value is -3.39. The maximum absolute atomic E-state index is 14.5. The fourth-order valence-corrected chi connectivity index (χ4v) is 4.96. The van der Waals surface area contributed by atoms with E-state index in [2.05, 4.69) is 22.3 Å². The highest BCUT2D eigenvalue weighted by Gasteiger charge is 2.35. The van der Waals surface area contributed by atoms with Crippen molar-refractivity contribution >= 4 is 12.0 Å². The van der Waals surface area contributed by atoms with Crippen LogP contribution in [0.1, 0.15) is 58.6 Å². The van der Waals surface area contributed by atoms with Gasteiger partial charge in [0.25, 0.3) is 0 Å². The van der Waals surface area contributed by atoms with Crippen LogP contribution in [0.2, 0.25) is 0 Å². The summed E-state index contributed by atoms with van der Waals surface area (Å²) in [6.45, 7) is 12.1. The Balaban J connectivity index is 1.80. The lowest BCUT2D eigenvalue weighted by Gasteiger charge is -2.43.